The summed E-state index contributed by atoms with van der Waals surface area (Å²) in [6, 6.07) is 12.4. The Morgan fingerprint density at radius 3 is 2.70 bits per heavy atom. The molecule has 0 radical (unpaired) electrons. The first-order valence-corrected chi connectivity index (χ1v) is 7.20. The molecule has 0 unspecified atom stereocenters. The predicted octanol–water partition coefficient (Wildman–Crippen LogP) is 2.99. The average Bonchev–Trinajstić information content (AvgIpc) is 2.51. The largest absolute Gasteiger partial charge is 0.371 e. The highest BCUT2D eigenvalue weighted by molar-refractivity contribution is 6.30. The Morgan fingerprint density at radius 1 is 1.20 bits per heavy atom. The second kappa shape index (κ2) is 6.35. The van der Waals surface area contributed by atoms with E-state index in [0.717, 1.165) is 31.8 Å². The number of halogens is 1. The lowest BCUT2D eigenvalue weighted by molar-refractivity contribution is 0.0277. The van der Waals surface area contributed by atoms with Gasteiger partial charge in [0, 0.05) is 31.4 Å². The number of benzene rings is 1. The zero-order chi connectivity index (χ0) is 13.8. The molecule has 1 aliphatic heterocycles. The normalized spacial score (nSPS) is 18.9. The number of hydrogen-bond donors (Lipinski definition) is 1. The average molecular weight is 289 g/mol. The van der Waals surface area contributed by atoms with Crippen LogP contribution in [0.1, 0.15) is 22.9 Å². The van der Waals surface area contributed by atoms with Gasteiger partial charge in [-0.05, 0) is 23.3 Å². The second-order valence-corrected chi connectivity index (χ2v) is 5.39. The number of ether oxygens (including phenoxy) is 1. The molecule has 104 valence electrons. The van der Waals surface area contributed by atoms with E-state index in [2.05, 4.69) is 34.6 Å². The van der Waals surface area contributed by atoms with Crippen molar-refractivity contribution in [1.29, 1.82) is 0 Å². The smallest absolute Gasteiger partial charge is 0.0949 e. The molecule has 4 heteroatoms. The van der Waals surface area contributed by atoms with Gasteiger partial charge < -0.3 is 10.1 Å². The molecule has 0 amide bonds. The molecule has 2 heterocycles. The topological polar surface area (TPSA) is 34.1 Å². The van der Waals surface area contributed by atoms with Crippen LogP contribution in [0.25, 0.3) is 0 Å². The van der Waals surface area contributed by atoms with Gasteiger partial charge in [0.15, 0.2) is 0 Å². The van der Waals surface area contributed by atoms with E-state index in [1.165, 1.54) is 11.1 Å². The Kier molecular flexibility index (Phi) is 4.31. The summed E-state index contributed by atoms with van der Waals surface area (Å²) in [6.45, 7) is 2.61. The molecule has 20 heavy (non-hydrogen) atoms. The molecule has 0 saturated carbocycles. The van der Waals surface area contributed by atoms with Crippen LogP contribution in [0.4, 0.5) is 0 Å². The van der Waals surface area contributed by atoms with Crippen molar-refractivity contribution in [2.45, 2.75) is 12.5 Å². The number of hydrogen-bond acceptors (Lipinski definition) is 3. The third-order valence-corrected chi connectivity index (χ3v) is 3.68. The molecule has 0 aliphatic carbocycles. The van der Waals surface area contributed by atoms with Crippen LogP contribution in [0.3, 0.4) is 0 Å². The van der Waals surface area contributed by atoms with E-state index in [-0.39, 0.29) is 6.10 Å². The van der Waals surface area contributed by atoms with E-state index in [0.29, 0.717) is 5.02 Å². The van der Waals surface area contributed by atoms with Crippen LogP contribution in [0.15, 0.2) is 42.6 Å². The Morgan fingerprint density at radius 2 is 2.05 bits per heavy atom. The van der Waals surface area contributed by atoms with Gasteiger partial charge in [-0.3, -0.25) is 4.98 Å². The minimum Gasteiger partial charge on any atom is -0.371 e. The van der Waals surface area contributed by atoms with Crippen molar-refractivity contribution >= 4 is 11.6 Å². The Balaban J connectivity index is 1.67. The van der Waals surface area contributed by atoms with Crippen LogP contribution in [0.2, 0.25) is 5.02 Å². The van der Waals surface area contributed by atoms with Crippen molar-refractivity contribution in [3.8, 4) is 0 Å². The molecule has 3 nitrogen and oxygen atoms in total. The molecule has 1 aromatic carbocycles. The van der Waals surface area contributed by atoms with Crippen LogP contribution in [0, 0.1) is 0 Å². The summed E-state index contributed by atoms with van der Waals surface area (Å²) >= 11 is 5.84. The van der Waals surface area contributed by atoms with Gasteiger partial charge >= 0.3 is 0 Å². The Hall–Kier alpha value is -1.42. The summed E-state index contributed by atoms with van der Waals surface area (Å²) in [5, 5.41) is 4.02. The first-order valence-electron chi connectivity index (χ1n) is 6.83. The number of pyridine rings is 1. The van der Waals surface area contributed by atoms with Gasteiger partial charge in [-0.2, -0.15) is 0 Å². The second-order valence-electron chi connectivity index (χ2n) is 4.95. The van der Waals surface area contributed by atoms with Crippen molar-refractivity contribution < 1.29 is 4.74 Å². The highest BCUT2D eigenvalue weighted by atomic mass is 35.5. The highest BCUT2D eigenvalue weighted by Crippen LogP contribution is 2.20. The van der Waals surface area contributed by atoms with Crippen molar-refractivity contribution in [2.24, 2.45) is 0 Å². The van der Waals surface area contributed by atoms with Gasteiger partial charge in [-0.1, -0.05) is 35.9 Å². The zero-order valence-corrected chi connectivity index (χ0v) is 11.9. The van der Waals surface area contributed by atoms with Gasteiger partial charge in [-0.25, -0.2) is 0 Å². The van der Waals surface area contributed by atoms with Gasteiger partial charge in [0.05, 0.1) is 17.7 Å². The van der Waals surface area contributed by atoms with Crippen LogP contribution >= 0.6 is 11.6 Å². The maximum Gasteiger partial charge on any atom is 0.0949 e. The van der Waals surface area contributed by atoms with Crippen molar-refractivity contribution in [3.63, 3.8) is 0 Å². The van der Waals surface area contributed by atoms with Gasteiger partial charge in [-0.15, -0.1) is 0 Å². The molecule has 1 atom stereocenters. The van der Waals surface area contributed by atoms with Gasteiger partial charge in [0.2, 0.25) is 0 Å². The number of aromatic nitrogens is 1. The molecule has 1 N–H and O–H groups in total. The highest BCUT2D eigenvalue weighted by Gasteiger charge is 2.15. The van der Waals surface area contributed by atoms with E-state index in [1.807, 2.05) is 12.1 Å². The molecule has 1 aliphatic rings. The lowest BCUT2D eigenvalue weighted by atomic mass is 10.0. The van der Waals surface area contributed by atoms with Crippen molar-refractivity contribution in [1.82, 2.24) is 10.3 Å². The molecule has 0 bridgehead atoms. The van der Waals surface area contributed by atoms with Crippen LogP contribution in [-0.2, 0) is 11.2 Å². The van der Waals surface area contributed by atoms with Crippen LogP contribution < -0.4 is 5.32 Å². The quantitative estimate of drug-likeness (QED) is 0.943. The van der Waals surface area contributed by atoms with E-state index < -0.39 is 0 Å². The first kappa shape index (κ1) is 13.6. The maximum absolute atomic E-state index is 5.84. The Labute approximate surface area is 123 Å². The monoisotopic (exact) mass is 288 g/mol. The standard InChI is InChI=1S/C16H17ClN2O/c17-14-5-6-15(19-10-14)9-12-1-3-13(4-2-12)16-11-18-7-8-20-16/h1-6,10,16,18H,7-9,11H2/t16-/m1/s1. The molecular weight excluding hydrogens is 272 g/mol. The summed E-state index contributed by atoms with van der Waals surface area (Å²) in [5.41, 5.74) is 3.50. The van der Waals surface area contributed by atoms with Crippen LogP contribution in [-0.4, -0.2) is 24.7 Å². The van der Waals surface area contributed by atoms with E-state index in [4.69, 9.17) is 16.3 Å². The fraction of sp³-hybridized carbons (Fsp3) is 0.312. The summed E-state index contributed by atoms with van der Waals surface area (Å²) < 4.78 is 5.75. The number of rotatable bonds is 3. The summed E-state index contributed by atoms with van der Waals surface area (Å²) in [6.07, 6.45) is 2.68. The summed E-state index contributed by atoms with van der Waals surface area (Å²) in [5.74, 6) is 0. The first-order chi connectivity index (χ1) is 9.81. The van der Waals surface area contributed by atoms with Gasteiger partial charge in [0.25, 0.3) is 0 Å². The molecule has 0 spiro atoms. The van der Waals surface area contributed by atoms with Gasteiger partial charge in [0.1, 0.15) is 0 Å². The number of nitrogens with zero attached hydrogens (tertiary/aromatic N) is 1. The third kappa shape index (κ3) is 3.37. The fourth-order valence-corrected chi connectivity index (χ4v) is 2.46. The maximum atomic E-state index is 5.84. The number of morpholine rings is 1. The molecule has 1 aromatic heterocycles. The van der Waals surface area contributed by atoms with Crippen LogP contribution in [0.5, 0.6) is 0 Å². The lowest BCUT2D eigenvalue weighted by Gasteiger charge is -2.24. The molecule has 3 rings (SSSR count). The zero-order valence-electron chi connectivity index (χ0n) is 11.2. The van der Waals surface area contributed by atoms with E-state index in [9.17, 15) is 0 Å². The summed E-state index contributed by atoms with van der Waals surface area (Å²) in [7, 11) is 0. The minimum absolute atomic E-state index is 0.173. The third-order valence-electron chi connectivity index (χ3n) is 3.45. The lowest BCUT2D eigenvalue weighted by Crippen LogP contribution is -2.33. The van der Waals surface area contributed by atoms with E-state index in [1.54, 1.807) is 6.20 Å². The SMILES string of the molecule is Clc1ccc(Cc2ccc([C@H]3CNCCO3)cc2)nc1. The van der Waals surface area contributed by atoms with E-state index >= 15 is 0 Å². The fourth-order valence-electron chi connectivity index (χ4n) is 2.35. The predicted molar refractivity (Wildman–Crippen MR) is 80.1 cm³/mol. The van der Waals surface area contributed by atoms with Crippen molar-refractivity contribution in [3.05, 3.63) is 64.4 Å². The summed E-state index contributed by atoms with van der Waals surface area (Å²) in [4.78, 5) is 4.32. The molecular formula is C16H17ClN2O. The molecule has 1 saturated heterocycles. The minimum atomic E-state index is 0.173. The molecule has 1 fully saturated rings. The Bertz CT molecular complexity index is 548. The van der Waals surface area contributed by atoms with Crippen molar-refractivity contribution in [2.75, 3.05) is 19.7 Å². The molecule has 2 aromatic rings. The number of nitrogens with one attached hydrogen (secondary N) is 1.